The Labute approximate surface area is 74.9 Å². The number of rotatable bonds is 3. The predicted octanol–water partition coefficient (Wildman–Crippen LogP) is 0.170. The van der Waals surface area contributed by atoms with Gasteiger partial charge in [-0.05, 0) is 18.5 Å². The summed E-state index contributed by atoms with van der Waals surface area (Å²) in [6.07, 6.45) is 0.376. The van der Waals surface area contributed by atoms with Crippen molar-refractivity contribution in [1.29, 1.82) is 0 Å². The van der Waals surface area contributed by atoms with Crippen molar-refractivity contribution >= 4 is 5.69 Å². The van der Waals surface area contributed by atoms with E-state index in [1.54, 1.807) is 0 Å². The monoisotopic (exact) mass is 181 g/mol. The van der Waals surface area contributed by atoms with E-state index < -0.39 is 4.92 Å². The summed E-state index contributed by atoms with van der Waals surface area (Å²) in [4.78, 5) is 9.81. The highest BCUT2D eigenvalue weighted by Crippen LogP contribution is 2.20. The molecule has 0 amide bonds. The van der Waals surface area contributed by atoms with E-state index in [2.05, 4.69) is 0 Å². The van der Waals surface area contributed by atoms with E-state index in [4.69, 9.17) is 5.73 Å². The third-order valence-corrected chi connectivity index (χ3v) is 1.67. The van der Waals surface area contributed by atoms with E-state index in [0.29, 0.717) is 18.5 Å². The van der Waals surface area contributed by atoms with Crippen molar-refractivity contribution in [3.63, 3.8) is 0 Å². The zero-order valence-corrected chi connectivity index (χ0v) is 6.90. The van der Waals surface area contributed by atoms with Crippen LogP contribution in [0.3, 0.4) is 0 Å². The summed E-state index contributed by atoms with van der Waals surface area (Å²) in [6.45, 7) is 0.316. The molecule has 0 heterocycles. The van der Waals surface area contributed by atoms with Gasteiger partial charge in [0.05, 0.1) is 4.92 Å². The Morgan fingerprint density at radius 2 is 2.15 bits per heavy atom. The molecule has 2 N–H and O–H groups in total. The number of nitro groups is 1. The molecule has 0 unspecified atom stereocenters. The minimum atomic E-state index is -0.528. The lowest BCUT2D eigenvalue weighted by Crippen LogP contribution is -2.06. The predicted molar refractivity (Wildman–Crippen MR) is 45.3 cm³/mol. The molecule has 0 aliphatic heterocycles. The first-order chi connectivity index (χ1) is 6.15. The molecule has 0 aliphatic rings. The molecule has 0 atom stereocenters. The van der Waals surface area contributed by atoms with Crippen LogP contribution in [0.2, 0.25) is 0 Å². The van der Waals surface area contributed by atoms with Crippen LogP contribution in [-0.2, 0) is 6.42 Å². The quantitative estimate of drug-likeness (QED) is 0.531. The molecule has 0 bridgehead atoms. The van der Waals surface area contributed by atoms with Crippen molar-refractivity contribution in [2.75, 3.05) is 6.54 Å². The highest BCUT2D eigenvalue weighted by Gasteiger charge is 2.05. The fraction of sp³-hybridized carbons (Fsp3) is 0.250. The van der Waals surface area contributed by atoms with E-state index >= 15 is 0 Å². The molecule has 0 spiro atoms. The number of nitrogens with zero attached hydrogens (tertiary/aromatic N) is 1. The first-order valence-electron chi connectivity index (χ1n) is 3.79. The lowest BCUT2D eigenvalue weighted by atomic mass is 10.1. The molecule has 1 rings (SSSR count). The lowest BCUT2D eigenvalue weighted by Gasteiger charge is -2.11. The Morgan fingerprint density at radius 3 is 2.69 bits per heavy atom. The van der Waals surface area contributed by atoms with Crippen molar-refractivity contribution in [2.45, 2.75) is 6.42 Å². The maximum atomic E-state index is 11.1. The van der Waals surface area contributed by atoms with Gasteiger partial charge >= 0.3 is 0 Å². The van der Waals surface area contributed by atoms with Crippen LogP contribution in [0.15, 0.2) is 18.2 Å². The van der Waals surface area contributed by atoms with Gasteiger partial charge in [-0.2, -0.15) is 0 Å². The van der Waals surface area contributed by atoms with Crippen molar-refractivity contribution < 1.29 is 10.0 Å². The molecular formula is C8H9N2O3-. The fourth-order valence-corrected chi connectivity index (χ4v) is 1.03. The Morgan fingerprint density at radius 1 is 1.46 bits per heavy atom. The van der Waals surface area contributed by atoms with Gasteiger partial charge in [0.25, 0.3) is 5.69 Å². The SMILES string of the molecule is NCCc1cc([N+](=O)[O-])ccc1[O-]. The van der Waals surface area contributed by atoms with Gasteiger partial charge in [-0.3, -0.25) is 10.1 Å². The molecule has 0 fully saturated rings. The maximum absolute atomic E-state index is 11.1. The van der Waals surface area contributed by atoms with Crippen LogP contribution in [0.4, 0.5) is 5.69 Å². The van der Waals surface area contributed by atoms with Gasteiger partial charge in [0.1, 0.15) is 0 Å². The van der Waals surface area contributed by atoms with Gasteiger partial charge in [-0.25, -0.2) is 0 Å². The summed E-state index contributed by atoms with van der Waals surface area (Å²) in [5.74, 6) is -0.198. The smallest absolute Gasteiger partial charge is 0.269 e. The van der Waals surface area contributed by atoms with Gasteiger partial charge in [0, 0.05) is 12.1 Å². The Kier molecular flexibility index (Phi) is 2.81. The van der Waals surface area contributed by atoms with Crippen molar-refractivity contribution in [3.05, 3.63) is 33.9 Å². The number of nitro benzene ring substituents is 1. The molecule has 13 heavy (non-hydrogen) atoms. The number of non-ortho nitro benzene ring substituents is 1. The van der Waals surface area contributed by atoms with Crippen molar-refractivity contribution in [2.24, 2.45) is 5.73 Å². The second-order valence-electron chi connectivity index (χ2n) is 2.59. The van der Waals surface area contributed by atoms with Crippen molar-refractivity contribution in [1.82, 2.24) is 0 Å². The first-order valence-corrected chi connectivity index (χ1v) is 3.79. The van der Waals surface area contributed by atoms with Gasteiger partial charge in [0.15, 0.2) is 0 Å². The third-order valence-electron chi connectivity index (χ3n) is 1.67. The summed E-state index contributed by atoms with van der Waals surface area (Å²) in [5.41, 5.74) is 5.58. The van der Waals surface area contributed by atoms with Crippen LogP contribution in [0.25, 0.3) is 0 Å². The molecule has 70 valence electrons. The van der Waals surface area contributed by atoms with E-state index in [-0.39, 0.29) is 11.4 Å². The van der Waals surface area contributed by atoms with Crippen LogP contribution in [0.5, 0.6) is 5.75 Å². The highest BCUT2D eigenvalue weighted by molar-refractivity contribution is 5.42. The molecule has 0 saturated heterocycles. The summed E-state index contributed by atoms with van der Waals surface area (Å²) < 4.78 is 0. The minimum Gasteiger partial charge on any atom is -0.872 e. The van der Waals surface area contributed by atoms with Crippen LogP contribution < -0.4 is 10.8 Å². The second-order valence-corrected chi connectivity index (χ2v) is 2.59. The van der Waals surface area contributed by atoms with Gasteiger partial charge in [-0.1, -0.05) is 6.07 Å². The number of nitrogens with two attached hydrogens (primary N) is 1. The third kappa shape index (κ3) is 2.16. The van der Waals surface area contributed by atoms with Crippen LogP contribution in [0.1, 0.15) is 5.56 Å². The zero-order valence-electron chi connectivity index (χ0n) is 6.90. The normalized spacial score (nSPS) is 9.92. The lowest BCUT2D eigenvalue weighted by molar-refractivity contribution is -0.385. The van der Waals surface area contributed by atoms with Crippen LogP contribution in [-0.4, -0.2) is 11.5 Å². The zero-order chi connectivity index (χ0) is 9.84. The number of hydrogen-bond acceptors (Lipinski definition) is 4. The second kappa shape index (κ2) is 3.86. The molecular weight excluding hydrogens is 172 g/mol. The molecule has 0 radical (unpaired) electrons. The van der Waals surface area contributed by atoms with Gasteiger partial charge in [0.2, 0.25) is 0 Å². The molecule has 5 nitrogen and oxygen atoms in total. The van der Waals surface area contributed by atoms with Gasteiger partial charge < -0.3 is 10.8 Å². The summed E-state index contributed by atoms with van der Waals surface area (Å²) in [5, 5.41) is 21.4. The number of benzene rings is 1. The molecule has 0 saturated carbocycles. The Bertz CT molecular complexity index is 325. The molecule has 0 aliphatic carbocycles. The summed E-state index contributed by atoms with van der Waals surface area (Å²) in [7, 11) is 0. The van der Waals surface area contributed by atoms with E-state index in [9.17, 15) is 15.2 Å². The standard InChI is InChI=1S/C8H10N2O3/c9-4-3-6-5-7(10(12)13)1-2-8(6)11/h1-2,5,11H,3-4,9H2/p-1. The largest absolute Gasteiger partial charge is 0.872 e. The van der Waals surface area contributed by atoms with Crippen molar-refractivity contribution in [3.8, 4) is 5.75 Å². The minimum absolute atomic E-state index is 0.0666. The number of hydrogen-bond donors (Lipinski definition) is 1. The fourth-order valence-electron chi connectivity index (χ4n) is 1.03. The van der Waals surface area contributed by atoms with Crippen LogP contribution in [0, 0.1) is 10.1 Å². The van der Waals surface area contributed by atoms with E-state index in [0.717, 1.165) is 0 Å². The van der Waals surface area contributed by atoms with Gasteiger partial charge in [-0.15, -0.1) is 5.75 Å². The average molecular weight is 181 g/mol. The molecule has 1 aromatic carbocycles. The van der Waals surface area contributed by atoms with E-state index in [1.165, 1.54) is 18.2 Å². The topological polar surface area (TPSA) is 92.2 Å². The Hall–Kier alpha value is -1.62. The first kappa shape index (κ1) is 9.47. The average Bonchev–Trinajstić information content (AvgIpc) is 2.08. The highest BCUT2D eigenvalue weighted by atomic mass is 16.6. The molecule has 0 aromatic heterocycles. The molecule has 1 aromatic rings. The van der Waals surface area contributed by atoms with E-state index in [1.807, 2.05) is 0 Å². The summed E-state index contributed by atoms with van der Waals surface area (Å²) >= 11 is 0. The molecule has 5 heteroatoms. The maximum Gasteiger partial charge on any atom is 0.269 e. The Balaban J connectivity index is 3.03. The van der Waals surface area contributed by atoms with Crippen LogP contribution >= 0.6 is 0 Å². The summed E-state index contributed by atoms with van der Waals surface area (Å²) in [6, 6.07) is 3.67.